The van der Waals surface area contributed by atoms with Crippen molar-refractivity contribution < 1.29 is 13.9 Å². The molecular formula is C13H11F2NO. The normalized spacial score (nSPS) is 12.5. The number of rotatable bonds is 2. The lowest BCUT2D eigenvalue weighted by Gasteiger charge is -2.12. The summed E-state index contributed by atoms with van der Waals surface area (Å²) in [4.78, 5) is 3.99. The molecular weight excluding hydrogens is 224 g/mol. The summed E-state index contributed by atoms with van der Waals surface area (Å²) in [6, 6.07) is 6.29. The van der Waals surface area contributed by atoms with Gasteiger partial charge < -0.3 is 5.11 Å². The topological polar surface area (TPSA) is 33.1 Å². The van der Waals surface area contributed by atoms with Crippen molar-refractivity contribution in [2.45, 2.75) is 13.0 Å². The Balaban J connectivity index is 2.39. The molecule has 2 aromatic rings. The van der Waals surface area contributed by atoms with Gasteiger partial charge in [-0.1, -0.05) is 0 Å². The minimum absolute atomic E-state index is 0.188. The molecule has 0 aliphatic rings. The molecule has 1 unspecified atom stereocenters. The molecule has 2 rings (SSSR count). The number of benzene rings is 1. The van der Waals surface area contributed by atoms with Gasteiger partial charge in [0.1, 0.15) is 17.7 Å². The lowest BCUT2D eigenvalue weighted by Crippen LogP contribution is -2.02. The van der Waals surface area contributed by atoms with Crippen molar-refractivity contribution in [3.05, 3.63) is 65.0 Å². The van der Waals surface area contributed by atoms with Crippen LogP contribution in [0.5, 0.6) is 0 Å². The van der Waals surface area contributed by atoms with Gasteiger partial charge in [-0.05, 0) is 42.3 Å². The van der Waals surface area contributed by atoms with Crippen LogP contribution < -0.4 is 0 Å². The zero-order chi connectivity index (χ0) is 12.4. The molecule has 0 aliphatic carbocycles. The van der Waals surface area contributed by atoms with Crippen LogP contribution in [0.15, 0.2) is 36.5 Å². The highest BCUT2D eigenvalue weighted by Crippen LogP contribution is 2.23. The average Bonchev–Trinajstić information content (AvgIpc) is 2.26. The quantitative estimate of drug-likeness (QED) is 0.868. The van der Waals surface area contributed by atoms with Gasteiger partial charge in [0.2, 0.25) is 0 Å². The highest BCUT2D eigenvalue weighted by molar-refractivity contribution is 5.30. The lowest BCUT2D eigenvalue weighted by molar-refractivity contribution is 0.219. The van der Waals surface area contributed by atoms with Gasteiger partial charge in [-0.15, -0.1) is 0 Å². The van der Waals surface area contributed by atoms with Gasteiger partial charge in [0, 0.05) is 18.0 Å². The molecule has 0 amide bonds. The molecule has 0 radical (unpaired) electrons. The Kier molecular flexibility index (Phi) is 3.15. The van der Waals surface area contributed by atoms with Crippen LogP contribution in [0.4, 0.5) is 8.78 Å². The molecule has 0 saturated carbocycles. The second-order valence-corrected chi connectivity index (χ2v) is 3.84. The first-order valence-corrected chi connectivity index (χ1v) is 5.13. The maximum Gasteiger partial charge on any atom is 0.126 e. The van der Waals surface area contributed by atoms with Crippen molar-refractivity contribution in [3.63, 3.8) is 0 Å². The summed E-state index contributed by atoms with van der Waals surface area (Å²) >= 11 is 0. The lowest BCUT2D eigenvalue weighted by atomic mass is 10.0. The molecule has 1 aromatic carbocycles. The van der Waals surface area contributed by atoms with Crippen molar-refractivity contribution in [2.75, 3.05) is 0 Å². The monoisotopic (exact) mass is 235 g/mol. The van der Waals surface area contributed by atoms with Crippen LogP contribution in [0.2, 0.25) is 0 Å². The van der Waals surface area contributed by atoms with E-state index in [1.165, 1.54) is 0 Å². The Hall–Kier alpha value is -1.81. The molecule has 1 atom stereocenters. The van der Waals surface area contributed by atoms with E-state index in [-0.39, 0.29) is 5.56 Å². The van der Waals surface area contributed by atoms with Crippen LogP contribution in [0, 0.1) is 18.6 Å². The number of aryl methyl sites for hydroxylation is 1. The number of hydrogen-bond donors (Lipinski definition) is 1. The fourth-order valence-electron chi connectivity index (χ4n) is 1.66. The first kappa shape index (κ1) is 11.7. The minimum atomic E-state index is -1.05. The fourth-order valence-corrected chi connectivity index (χ4v) is 1.66. The van der Waals surface area contributed by atoms with Crippen molar-refractivity contribution in [2.24, 2.45) is 0 Å². The van der Waals surface area contributed by atoms with E-state index in [2.05, 4.69) is 4.98 Å². The van der Waals surface area contributed by atoms with Crippen molar-refractivity contribution in [1.29, 1.82) is 0 Å². The van der Waals surface area contributed by atoms with Gasteiger partial charge in [0.25, 0.3) is 0 Å². The van der Waals surface area contributed by atoms with Gasteiger partial charge in [0.15, 0.2) is 0 Å². The van der Waals surface area contributed by atoms with Gasteiger partial charge in [-0.3, -0.25) is 4.98 Å². The second-order valence-electron chi connectivity index (χ2n) is 3.84. The average molecular weight is 235 g/mol. The first-order valence-electron chi connectivity index (χ1n) is 5.13. The van der Waals surface area contributed by atoms with Gasteiger partial charge in [-0.2, -0.15) is 0 Å². The molecule has 0 spiro atoms. The van der Waals surface area contributed by atoms with Gasteiger partial charge in [0.05, 0.1) is 0 Å². The molecule has 88 valence electrons. The zero-order valence-corrected chi connectivity index (χ0v) is 9.19. The number of aromatic nitrogens is 1. The smallest absolute Gasteiger partial charge is 0.126 e. The van der Waals surface area contributed by atoms with E-state index in [4.69, 9.17) is 0 Å². The van der Waals surface area contributed by atoms with Crippen LogP contribution in [0.3, 0.4) is 0 Å². The van der Waals surface area contributed by atoms with Crippen LogP contribution in [-0.4, -0.2) is 10.1 Å². The van der Waals surface area contributed by atoms with E-state index < -0.39 is 17.7 Å². The standard InChI is InChI=1S/C13H11F2NO/c1-8-4-9(2-3-16-8)13(17)10-5-11(14)7-12(15)6-10/h2-7,13,17H,1H3. The highest BCUT2D eigenvalue weighted by Gasteiger charge is 2.13. The van der Waals surface area contributed by atoms with Crippen LogP contribution >= 0.6 is 0 Å². The summed E-state index contributed by atoms with van der Waals surface area (Å²) in [5.41, 5.74) is 1.48. The van der Waals surface area contributed by atoms with E-state index in [9.17, 15) is 13.9 Å². The van der Waals surface area contributed by atoms with Crippen molar-refractivity contribution in [1.82, 2.24) is 4.98 Å². The molecule has 4 heteroatoms. The summed E-state index contributed by atoms with van der Waals surface area (Å²) in [5, 5.41) is 10.0. The largest absolute Gasteiger partial charge is 0.384 e. The number of halogens is 2. The Bertz CT molecular complexity index is 522. The molecule has 2 nitrogen and oxygen atoms in total. The Labute approximate surface area is 97.6 Å². The van der Waals surface area contributed by atoms with E-state index in [1.807, 2.05) is 0 Å². The molecule has 0 aliphatic heterocycles. The summed E-state index contributed by atoms with van der Waals surface area (Å²) in [6.45, 7) is 1.78. The molecule has 0 fully saturated rings. The van der Waals surface area contributed by atoms with E-state index in [1.54, 1.807) is 25.3 Å². The van der Waals surface area contributed by atoms with Gasteiger partial charge in [-0.25, -0.2) is 8.78 Å². The molecule has 1 heterocycles. The molecule has 1 N–H and O–H groups in total. The molecule has 1 aromatic heterocycles. The fraction of sp³-hybridized carbons (Fsp3) is 0.154. The minimum Gasteiger partial charge on any atom is -0.384 e. The third-order valence-corrected chi connectivity index (χ3v) is 2.44. The number of aliphatic hydroxyl groups excluding tert-OH is 1. The second kappa shape index (κ2) is 4.59. The number of pyridine rings is 1. The number of aliphatic hydroxyl groups is 1. The van der Waals surface area contributed by atoms with Crippen LogP contribution in [-0.2, 0) is 0 Å². The van der Waals surface area contributed by atoms with E-state index in [0.29, 0.717) is 5.56 Å². The van der Waals surface area contributed by atoms with E-state index >= 15 is 0 Å². The summed E-state index contributed by atoms with van der Waals surface area (Å²) in [6.07, 6.45) is 0.491. The maximum atomic E-state index is 13.0. The summed E-state index contributed by atoms with van der Waals surface area (Å²) < 4.78 is 26.0. The summed E-state index contributed by atoms with van der Waals surface area (Å²) in [5.74, 6) is -1.41. The Morgan fingerprint density at radius 1 is 1.06 bits per heavy atom. The van der Waals surface area contributed by atoms with Crippen LogP contribution in [0.1, 0.15) is 22.9 Å². The molecule has 17 heavy (non-hydrogen) atoms. The summed E-state index contributed by atoms with van der Waals surface area (Å²) in [7, 11) is 0. The predicted molar refractivity (Wildman–Crippen MR) is 59.4 cm³/mol. The third-order valence-electron chi connectivity index (χ3n) is 2.44. The zero-order valence-electron chi connectivity index (χ0n) is 9.19. The van der Waals surface area contributed by atoms with E-state index in [0.717, 1.165) is 23.9 Å². The molecule has 0 saturated heterocycles. The van der Waals surface area contributed by atoms with Crippen LogP contribution in [0.25, 0.3) is 0 Å². The van der Waals surface area contributed by atoms with Gasteiger partial charge >= 0.3 is 0 Å². The first-order chi connectivity index (χ1) is 8.06. The maximum absolute atomic E-state index is 13.0. The van der Waals surface area contributed by atoms with Crippen molar-refractivity contribution >= 4 is 0 Å². The number of nitrogens with zero attached hydrogens (tertiary/aromatic N) is 1. The Morgan fingerprint density at radius 3 is 2.29 bits per heavy atom. The van der Waals surface area contributed by atoms with Crippen molar-refractivity contribution in [3.8, 4) is 0 Å². The Morgan fingerprint density at radius 2 is 1.71 bits per heavy atom. The highest BCUT2D eigenvalue weighted by atomic mass is 19.1. The number of hydrogen-bond acceptors (Lipinski definition) is 2. The third kappa shape index (κ3) is 2.65. The SMILES string of the molecule is Cc1cc(C(O)c2cc(F)cc(F)c2)ccn1. The predicted octanol–water partition coefficient (Wildman–Crippen LogP) is 2.75. The molecule has 0 bridgehead atoms.